The van der Waals surface area contributed by atoms with Crippen LogP contribution in [0.15, 0.2) is 34.9 Å². The Morgan fingerprint density at radius 1 is 1.24 bits per heavy atom. The third-order valence-corrected chi connectivity index (χ3v) is 5.57. The number of aryl methyl sites for hydroxylation is 1. The number of aliphatic hydroxyl groups is 1. The Morgan fingerprint density at radius 3 is 2.84 bits per heavy atom. The molecule has 2 heterocycles. The van der Waals surface area contributed by atoms with Crippen LogP contribution in [0.5, 0.6) is 0 Å². The molecule has 0 amide bonds. The lowest BCUT2D eigenvalue weighted by molar-refractivity contribution is -0.0561. The molecule has 4 rings (SSSR count). The van der Waals surface area contributed by atoms with Gasteiger partial charge >= 0.3 is 0 Å². The monoisotopic (exact) mass is 342 g/mol. The Labute approximate surface area is 148 Å². The van der Waals surface area contributed by atoms with Crippen molar-refractivity contribution in [3.63, 3.8) is 0 Å². The minimum Gasteiger partial charge on any atom is -0.393 e. The second kappa shape index (κ2) is 7.28. The molecule has 3 atom stereocenters. The third-order valence-electron chi connectivity index (χ3n) is 5.57. The standard InChI is InChI=1S/C20H26N2O3/c1-14-5-7-15(8-6-14)18-11-16(25-21-18)12-22-9-10-24-13-19(22)17-3-2-4-20(17)23/h5-8,11,17,19-20,23H,2-4,9-10,12-13H2,1H3/t17-,19+,20+/m0/s1. The van der Waals surface area contributed by atoms with Crippen molar-refractivity contribution < 1.29 is 14.4 Å². The Bertz CT molecular complexity index is 697. The molecule has 134 valence electrons. The van der Waals surface area contributed by atoms with Crippen LogP contribution < -0.4 is 0 Å². The Hall–Kier alpha value is -1.69. The van der Waals surface area contributed by atoms with E-state index in [1.165, 1.54) is 5.56 Å². The van der Waals surface area contributed by atoms with Crippen LogP contribution in [-0.4, -0.2) is 47.1 Å². The molecule has 0 bridgehead atoms. The summed E-state index contributed by atoms with van der Waals surface area (Å²) in [6, 6.07) is 10.6. The van der Waals surface area contributed by atoms with Crippen LogP contribution in [0.3, 0.4) is 0 Å². The molecule has 1 aliphatic carbocycles. The van der Waals surface area contributed by atoms with Crippen molar-refractivity contribution in [1.29, 1.82) is 0 Å². The first-order valence-corrected chi connectivity index (χ1v) is 9.23. The fraction of sp³-hybridized carbons (Fsp3) is 0.550. The molecule has 0 radical (unpaired) electrons. The van der Waals surface area contributed by atoms with E-state index in [1.807, 2.05) is 6.07 Å². The molecule has 1 saturated carbocycles. The van der Waals surface area contributed by atoms with Crippen molar-refractivity contribution >= 4 is 0 Å². The average molecular weight is 342 g/mol. The van der Waals surface area contributed by atoms with Gasteiger partial charge in [0, 0.05) is 30.1 Å². The number of morpholine rings is 1. The highest BCUT2D eigenvalue weighted by Crippen LogP contribution is 2.33. The van der Waals surface area contributed by atoms with Gasteiger partial charge in [0.1, 0.15) is 5.69 Å². The Kier molecular flexibility index (Phi) is 4.88. The fourth-order valence-electron chi connectivity index (χ4n) is 4.11. The molecule has 1 aromatic heterocycles. The number of hydrogen-bond acceptors (Lipinski definition) is 5. The molecule has 2 aromatic rings. The maximum Gasteiger partial charge on any atom is 0.151 e. The first-order valence-electron chi connectivity index (χ1n) is 9.23. The highest BCUT2D eigenvalue weighted by Gasteiger charge is 2.37. The third kappa shape index (κ3) is 3.64. The first-order chi connectivity index (χ1) is 12.2. The SMILES string of the molecule is Cc1ccc(-c2cc(CN3CCOC[C@@H]3[C@@H]3CCC[C@H]3O)on2)cc1. The van der Waals surface area contributed by atoms with E-state index < -0.39 is 0 Å². The van der Waals surface area contributed by atoms with Crippen molar-refractivity contribution in [3.8, 4) is 11.3 Å². The minimum absolute atomic E-state index is 0.202. The highest BCUT2D eigenvalue weighted by molar-refractivity contribution is 5.59. The van der Waals surface area contributed by atoms with Crippen molar-refractivity contribution in [2.75, 3.05) is 19.8 Å². The summed E-state index contributed by atoms with van der Waals surface area (Å²) in [4.78, 5) is 2.39. The van der Waals surface area contributed by atoms with Crippen LogP contribution in [0.25, 0.3) is 11.3 Å². The molecule has 2 aliphatic rings. The molecule has 0 spiro atoms. The van der Waals surface area contributed by atoms with E-state index in [-0.39, 0.29) is 12.1 Å². The largest absolute Gasteiger partial charge is 0.393 e. The van der Waals surface area contributed by atoms with Crippen molar-refractivity contribution in [1.82, 2.24) is 10.1 Å². The van der Waals surface area contributed by atoms with E-state index in [2.05, 4.69) is 41.2 Å². The number of rotatable bonds is 4. The van der Waals surface area contributed by atoms with Crippen LogP contribution in [0.2, 0.25) is 0 Å². The predicted molar refractivity (Wildman–Crippen MR) is 95.0 cm³/mol. The summed E-state index contributed by atoms with van der Waals surface area (Å²) >= 11 is 0. The van der Waals surface area contributed by atoms with Crippen LogP contribution in [0.1, 0.15) is 30.6 Å². The minimum atomic E-state index is -0.202. The second-order valence-electron chi connectivity index (χ2n) is 7.32. The van der Waals surface area contributed by atoms with Crippen molar-refractivity contribution in [2.45, 2.75) is 44.9 Å². The van der Waals surface area contributed by atoms with Crippen LogP contribution in [0.4, 0.5) is 0 Å². The molecule has 25 heavy (non-hydrogen) atoms. The predicted octanol–water partition coefficient (Wildman–Crippen LogP) is 3.01. The zero-order valence-electron chi connectivity index (χ0n) is 14.7. The van der Waals surface area contributed by atoms with E-state index in [0.717, 1.165) is 56.0 Å². The van der Waals surface area contributed by atoms with Gasteiger partial charge in [0.2, 0.25) is 0 Å². The lowest BCUT2D eigenvalue weighted by Crippen LogP contribution is -2.50. The maximum absolute atomic E-state index is 10.3. The van der Waals surface area contributed by atoms with Crippen LogP contribution in [0, 0.1) is 12.8 Å². The van der Waals surface area contributed by atoms with Gasteiger partial charge in [-0.15, -0.1) is 0 Å². The number of hydrogen-bond donors (Lipinski definition) is 1. The average Bonchev–Trinajstić information content (AvgIpc) is 3.25. The Balaban J connectivity index is 1.47. The van der Waals surface area contributed by atoms with Gasteiger partial charge < -0.3 is 14.4 Å². The van der Waals surface area contributed by atoms with Gasteiger partial charge in [0.25, 0.3) is 0 Å². The van der Waals surface area contributed by atoms with Gasteiger partial charge in [-0.3, -0.25) is 4.90 Å². The normalized spacial score (nSPS) is 27.7. The lowest BCUT2D eigenvalue weighted by Gasteiger charge is -2.39. The van der Waals surface area contributed by atoms with Gasteiger partial charge in [0.15, 0.2) is 5.76 Å². The summed E-state index contributed by atoms with van der Waals surface area (Å²) in [6.07, 6.45) is 2.90. The van der Waals surface area contributed by atoms with Crippen molar-refractivity contribution in [3.05, 3.63) is 41.7 Å². The summed E-state index contributed by atoms with van der Waals surface area (Å²) in [5, 5.41) is 14.5. The van der Waals surface area contributed by atoms with Gasteiger partial charge in [-0.25, -0.2) is 0 Å². The molecule has 2 fully saturated rings. The number of nitrogens with zero attached hydrogens (tertiary/aromatic N) is 2. The summed E-state index contributed by atoms with van der Waals surface area (Å²) in [5.41, 5.74) is 3.19. The Morgan fingerprint density at radius 2 is 2.08 bits per heavy atom. The summed E-state index contributed by atoms with van der Waals surface area (Å²) in [6.45, 7) is 5.09. The number of benzene rings is 1. The molecule has 1 aliphatic heterocycles. The van der Waals surface area contributed by atoms with E-state index in [4.69, 9.17) is 9.26 Å². The molecule has 5 nitrogen and oxygen atoms in total. The zero-order chi connectivity index (χ0) is 17.2. The number of ether oxygens (including phenoxy) is 1. The molecule has 0 unspecified atom stereocenters. The summed E-state index contributed by atoms with van der Waals surface area (Å²) in [7, 11) is 0. The van der Waals surface area contributed by atoms with Gasteiger partial charge in [-0.2, -0.15) is 0 Å². The first kappa shape index (κ1) is 16.8. The second-order valence-corrected chi connectivity index (χ2v) is 7.32. The highest BCUT2D eigenvalue weighted by atomic mass is 16.5. The van der Waals surface area contributed by atoms with Crippen LogP contribution in [-0.2, 0) is 11.3 Å². The van der Waals surface area contributed by atoms with Gasteiger partial charge in [0.05, 0.1) is 25.9 Å². The smallest absolute Gasteiger partial charge is 0.151 e. The molecule has 1 aromatic carbocycles. The molecule has 5 heteroatoms. The molecular formula is C20H26N2O3. The van der Waals surface area contributed by atoms with E-state index in [1.54, 1.807) is 0 Å². The molecule has 1 saturated heterocycles. The number of aliphatic hydroxyl groups excluding tert-OH is 1. The maximum atomic E-state index is 10.3. The van der Waals surface area contributed by atoms with E-state index >= 15 is 0 Å². The topological polar surface area (TPSA) is 58.7 Å². The quantitative estimate of drug-likeness (QED) is 0.925. The molecular weight excluding hydrogens is 316 g/mol. The zero-order valence-corrected chi connectivity index (χ0v) is 14.7. The van der Waals surface area contributed by atoms with Crippen molar-refractivity contribution in [2.24, 2.45) is 5.92 Å². The number of aromatic nitrogens is 1. The van der Waals surface area contributed by atoms with Gasteiger partial charge in [-0.1, -0.05) is 41.4 Å². The van der Waals surface area contributed by atoms with E-state index in [0.29, 0.717) is 12.5 Å². The molecule has 1 N–H and O–H groups in total. The van der Waals surface area contributed by atoms with Crippen LogP contribution >= 0.6 is 0 Å². The summed E-state index contributed by atoms with van der Waals surface area (Å²) in [5.74, 6) is 1.18. The lowest BCUT2D eigenvalue weighted by atomic mass is 9.94. The summed E-state index contributed by atoms with van der Waals surface area (Å²) < 4.78 is 11.3. The van der Waals surface area contributed by atoms with Gasteiger partial charge in [-0.05, 0) is 19.8 Å². The fourth-order valence-corrected chi connectivity index (χ4v) is 4.11. The van der Waals surface area contributed by atoms with E-state index in [9.17, 15) is 5.11 Å².